The summed E-state index contributed by atoms with van der Waals surface area (Å²) in [6, 6.07) is 0.692. The van der Waals surface area contributed by atoms with Crippen LogP contribution in [0.5, 0.6) is 0 Å². The lowest BCUT2D eigenvalue weighted by Gasteiger charge is -2.19. The highest BCUT2D eigenvalue weighted by Crippen LogP contribution is 2.17. The van der Waals surface area contributed by atoms with Crippen molar-refractivity contribution in [1.29, 1.82) is 0 Å². The molecule has 0 saturated carbocycles. The van der Waals surface area contributed by atoms with Gasteiger partial charge in [0.05, 0.1) is 12.7 Å². The standard InChI is InChI=1S/C12H25NO2S/c1-10(2)13-11(8-14)5-7-16-9-12-4-3-6-15-12/h10-14H,3-9H2,1-2H3. The zero-order valence-electron chi connectivity index (χ0n) is 10.4. The topological polar surface area (TPSA) is 41.5 Å². The van der Waals surface area contributed by atoms with Crippen LogP contribution in [0, 0.1) is 0 Å². The second-order valence-corrected chi connectivity index (χ2v) is 5.85. The van der Waals surface area contributed by atoms with Gasteiger partial charge >= 0.3 is 0 Å². The van der Waals surface area contributed by atoms with Crippen LogP contribution in [0.15, 0.2) is 0 Å². The maximum absolute atomic E-state index is 9.19. The Kier molecular flexibility index (Phi) is 7.45. The molecule has 1 fully saturated rings. The predicted molar refractivity (Wildman–Crippen MR) is 70.1 cm³/mol. The first-order valence-corrected chi connectivity index (χ1v) is 7.44. The summed E-state index contributed by atoms with van der Waals surface area (Å²) in [6.45, 7) is 5.41. The fourth-order valence-electron chi connectivity index (χ4n) is 1.91. The van der Waals surface area contributed by atoms with Gasteiger partial charge in [0.25, 0.3) is 0 Å². The summed E-state index contributed by atoms with van der Waals surface area (Å²) in [5.41, 5.74) is 0. The van der Waals surface area contributed by atoms with E-state index in [2.05, 4.69) is 19.2 Å². The van der Waals surface area contributed by atoms with Crippen molar-refractivity contribution >= 4 is 11.8 Å². The Morgan fingerprint density at radius 2 is 2.31 bits per heavy atom. The third kappa shape index (κ3) is 6.09. The molecule has 0 spiro atoms. The predicted octanol–water partition coefficient (Wildman–Crippen LogP) is 1.65. The Labute approximate surface area is 103 Å². The van der Waals surface area contributed by atoms with Crippen molar-refractivity contribution in [3.05, 3.63) is 0 Å². The Balaban J connectivity index is 1.99. The molecule has 96 valence electrons. The maximum atomic E-state index is 9.19. The Bertz CT molecular complexity index is 172. The summed E-state index contributed by atoms with van der Waals surface area (Å²) >= 11 is 1.95. The molecule has 0 aromatic rings. The van der Waals surface area contributed by atoms with Gasteiger partial charge in [0.15, 0.2) is 0 Å². The van der Waals surface area contributed by atoms with Crippen molar-refractivity contribution in [1.82, 2.24) is 5.32 Å². The molecule has 4 heteroatoms. The van der Waals surface area contributed by atoms with Gasteiger partial charge in [0, 0.05) is 24.4 Å². The molecule has 1 rings (SSSR count). The minimum atomic E-state index is 0.235. The molecule has 2 N–H and O–H groups in total. The third-order valence-electron chi connectivity index (χ3n) is 2.73. The largest absolute Gasteiger partial charge is 0.395 e. The first-order chi connectivity index (χ1) is 7.72. The zero-order chi connectivity index (χ0) is 11.8. The second kappa shape index (κ2) is 8.34. The van der Waals surface area contributed by atoms with Crippen molar-refractivity contribution < 1.29 is 9.84 Å². The SMILES string of the molecule is CC(C)NC(CO)CCSCC1CCCO1. The lowest BCUT2D eigenvalue weighted by atomic mass is 10.2. The number of hydrogen-bond acceptors (Lipinski definition) is 4. The molecule has 0 radical (unpaired) electrons. The van der Waals surface area contributed by atoms with E-state index in [-0.39, 0.29) is 12.6 Å². The van der Waals surface area contributed by atoms with Crippen LogP contribution in [-0.4, -0.2) is 48.0 Å². The van der Waals surface area contributed by atoms with E-state index in [9.17, 15) is 5.11 Å². The molecule has 1 saturated heterocycles. The smallest absolute Gasteiger partial charge is 0.0666 e. The highest BCUT2D eigenvalue weighted by Gasteiger charge is 2.15. The lowest BCUT2D eigenvalue weighted by Crippen LogP contribution is -2.37. The van der Waals surface area contributed by atoms with Crippen LogP contribution in [0.2, 0.25) is 0 Å². The Morgan fingerprint density at radius 3 is 2.88 bits per heavy atom. The number of thioether (sulfide) groups is 1. The van der Waals surface area contributed by atoms with Crippen LogP contribution in [0.4, 0.5) is 0 Å². The van der Waals surface area contributed by atoms with E-state index in [1.54, 1.807) is 0 Å². The van der Waals surface area contributed by atoms with E-state index in [1.807, 2.05) is 11.8 Å². The quantitative estimate of drug-likeness (QED) is 0.640. The molecule has 1 heterocycles. The summed E-state index contributed by atoms with van der Waals surface area (Å²) in [6.07, 6.45) is 3.96. The van der Waals surface area contributed by atoms with Gasteiger partial charge in [-0.15, -0.1) is 0 Å². The van der Waals surface area contributed by atoms with Crippen molar-refractivity contribution in [2.45, 2.75) is 51.3 Å². The van der Waals surface area contributed by atoms with Crippen LogP contribution in [0.1, 0.15) is 33.1 Å². The molecule has 1 aliphatic heterocycles. The molecule has 2 atom stereocenters. The van der Waals surface area contributed by atoms with Crippen LogP contribution >= 0.6 is 11.8 Å². The number of ether oxygens (including phenoxy) is 1. The van der Waals surface area contributed by atoms with Crippen molar-refractivity contribution in [2.75, 3.05) is 24.7 Å². The number of aliphatic hydroxyl groups is 1. The molecule has 0 bridgehead atoms. The van der Waals surface area contributed by atoms with Gasteiger partial charge in [0.2, 0.25) is 0 Å². The average Bonchev–Trinajstić information content (AvgIpc) is 2.74. The summed E-state index contributed by atoms with van der Waals surface area (Å²) in [7, 11) is 0. The van der Waals surface area contributed by atoms with E-state index in [4.69, 9.17) is 4.74 Å². The highest BCUT2D eigenvalue weighted by molar-refractivity contribution is 7.99. The van der Waals surface area contributed by atoms with Crippen molar-refractivity contribution in [2.24, 2.45) is 0 Å². The molecule has 3 nitrogen and oxygen atoms in total. The minimum absolute atomic E-state index is 0.235. The summed E-state index contributed by atoms with van der Waals surface area (Å²) < 4.78 is 5.57. The molecule has 0 aromatic heterocycles. The normalized spacial score (nSPS) is 22.9. The van der Waals surface area contributed by atoms with Gasteiger partial charge in [-0.2, -0.15) is 11.8 Å². The fourth-order valence-corrected chi connectivity index (χ4v) is 3.06. The average molecular weight is 247 g/mol. The van der Waals surface area contributed by atoms with E-state index in [1.165, 1.54) is 12.8 Å². The Morgan fingerprint density at radius 1 is 1.50 bits per heavy atom. The lowest BCUT2D eigenvalue weighted by molar-refractivity contribution is 0.129. The van der Waals surface area contributed by atoms with Gasteiger partial charge in [-0.1, -0.05) is 13.8 Å². The van der Waals surface area contributed by atoms with Crippen LogP contribution in [-0.2, 0) is 4.74 Å². The molecule has 16 heavy (non-hydrogen) atoms. The number of hydrogen-bond donors (Lipinski definition) is 2. The van der Waals surface area contributed by atoms with E-state index in [0.717, 1.165) is 24.5 Å². The number of aliphatic hydroxyl groups excluding tert-OH is 1. The van der Waals surface area contributed by atoms with E-state index in [0.29, 0.717) is 12.1 Å². The van der Waals surface area contributed by atoms with Gasteiger partial charge in [0.1, 0.15) is 0 Å². The highest BCUT2D eigenvalue weighted by atomic mass is 32.2. The molecular formula is C12H25NO2S. The van der Waals surface area contributed by atoms with Crippen molar-refractivity contribution in [3.8, 4) is 0 Å². The van der Waals surface area contributed by atoms with E-state index >= 15 is 0 Å². The van der Waals surface area contributed by atoms with Crippen molar-refractivity contribution in [3.63, 3.8) is 0 Å². The summed E-state index contributed by atoms with van der Waals surface area (Å²) in [5, 5.41) is 12.6. The minimum Gasteiger partial charge on any atom is -0.395 e. The molecule has 0 aromatic carbocycles. The first-order valence-electron chi connectivity index (χ1n) is 6.28. The van der Waals surface area contributed by atoms with Gasteiger partial charge in [-0.3, -0.25) is 0 Å². The van der Waals surface area contributed by atoms with Crippen LogP contribution < -0.4 is 5.32 Å². The fraction of sp³-hybridized carbons (Fsp3) is 1.00. The monoisotopic (exact) mass is 247 g/mol. The number of rotatable bonds is 8. The maximum Gasteiger partial charge on any atom is 0.0666 e. The zero-order valence-corrected chi connectivity index (χ0v) is 11.3. The number of nitrogens with one attached hydrogen (secondary N) is 1. The molecule has 1 aliphatic rings. The molecule has 0 amide bonds. The van der Waals surface area contributed by atoms with E-state index < -0.39 is 0 Å². The van der Waals surface area contributed by atoms with Gasteiger partial charge in [-0.25, -0.2) is 0 Å². The first kappa shape index (κ1) is 14.3. The molecular weight excluding hydrogens is 222 g/mol. The second-order valence-electron chi connectivity index (χ2n) is 4.70. The van der Waals surface area contributed by atoms with Crippen LogP contribution in [0.3, 0.4) is 0 Å². The Hall–Kier alpha value is 0.230. The third-order valence-corrected chi connectivity index (χ3v) is 3.86. The van der Waals surface area contributed by atoms with Gasteiger partial charge in [-0.05, 0) is 25.0 Å². The van der Waals surface area contributed by atoms with Gasteiger partial charge < -0.3 is 15.2 Å². The summed E-state index contributed by atoms with van der Waals surface area (Å²) in [5.74, 6) is 2.21. The molecule has 0 aliphatic carbocycles. The van der Waals surface area contributed by atoms with Crippen LogP contribution in [0.25, 0.3) is 0 Å². The summed E-state index contributed by atoms with van der Waals surface area (Å²) in [4.78, 5) is 0. The molecule has 2 unspecified atom stereocenters.